The molecule has 0 fully saturated rings. The number of benzene rings is 2. The van der Waals surface area contributed by atoms with Gasteiger partial charge in [0.05, 0.1) is 0 Å². The molecule has 3 N–H and O–H groups in total. The molecule has 0 heterocycles. The first-order chi connectivity index (χ1) is 14.2. The maximum atomic E-state index is 12.6. The predicted octanol–water partition coefficient (Wildman–Crippen LogP) is 3.08. The van der Waals surface area contributed by atoms with Crippen molar-refractivity contribution in [1.29, 1.82) is 0 Å². The molecule has 0 radical (unpaired) electrons. The van der Waals surface area contributed by atoms with Crippen LogP contribution in [0.1, 0.15) is 31.9 Å². The molecule has 3 amide bonds. The van der Waals surface area contributed by atoms with E-state index in [1.807, 2.05) is 60.7 Å². The van der Waals surface area contributed by atoms with Crippen LogP contribution in [0.15, 0.2) is 60.7 Å². The highest BCUT2D eigenvalue weighted by atomic mass is 16.6. The molecule has 8 nitrogen and oxygen atoms in total. The lowest BCUT2D eigenvalue weighted by Crippen LogP contribution is -2.53. The molecule has 1 atom stereocenters. The summed E-state index contributed by atoms with van der Waals surface area (Å²) in [4.78, 5) is 36.6. The van der Waals surface area contributed by atoms with Crippen LogP contribution in [0.3, 0.4) is 0 Å². The largest absolute Gasteiger partial charge is 0.444 e. The Morgan fingerprint density at radius 1 is 0.833 bits per heavy atom. The first-order valence-electron chi connectivity index (χ1n) is 9.53. The molecule has 2 rings (SSSR count). The summed E-state index contributed by atoms with van der Waals surface area (Å²) < 4.78 is 10.3. The molecule has 0 aliphatic heterocycles. The Kier molecular flexibility index (Phi) is 8.22. The SMILES string of the molecule is CC(C)(C)OC(=O)N[C@@H](Cc1ccccc1)C(=O)NNC(=O)OCc1ccccc1. The number of hydrogen-bond donors (Lipinski definition) is 3. The van der Waals surface area contributed by atoms with Crippen molar-refractivity contribution in [3.05, 3.63) is 71.8 Å². The molecular formula is C22H27N3O5. The fraction of sp³-hybridized carbons (Fsp3) is 0.318. The van der Waals surface area contributed by atoms with E-state index in [1.54, 1.807) is 20.8 Å². The van der Waals surface area contributed by atoms with Crippen LogP contribution >= 0.6 is 0 Å². The number of amides is 3. The summed E-state index contributed by atoms with van der Waals surface area (Å²) >= 11 is 0. The molecule has 2 aromatic rings. The Bertz CT molecular complexity index is 835. The van der Waals surface area contributed by atoms with Gasteiger partial charge in [-0.15, -0.1) is 0 Å². The summed E-state index contributed by atoms with van der Waals surface area (Å²) in [6, 6.07) is 17.4. The summed E-state index contributed by atoms with van der Waals surface area (Å²) in [6.45, 7) is 5.24. The lowest BCUT2D eigenvalue weighted by molar-refractivity contribution is -0.124. The average molecular weight is 413 g/mol. The summed E-state index contributed by atoms with van der Waals surface area (Å²) in [5.74, 6) is -0.610. The molecule has 0 aromatic heterocycles. The molecule has 30 heavy (non-hydrogen) atoms. The van der Waals surface area contributed by atoms with Crippen molar-refractivity contribution >= 4 is 18.1 Å². The first kappa shape index (κ1) is 22.7. The van der Waals surface area contributed by atoms with Crippen LogP contribution in [0.2, 0.25) is 0 Å². The van der Waals surface area contributed by atoms with Crippen LogP contribution in [0.5, 0.6) is 0 Å². The highest BCUT2D eigenvalue weighted by molar-refractivity contribution is 5.87. The molecule has 0 saturated heterocycles. The van der Waals surface area contributed by atoms with Gasteiger partial charge >= 0.3 is 12.2 Å². The molecule has 0 bridgehead atoms. The highest BCUT2D eigenvalue weighted by Gasteiger charge is 2.25. The molecule has 0 spiro atoms. The molecule has 2 aromatic carbocycles. The second-order valence-corrected chi connectivity index (χ2v) is 7.56. The van der Waals surface area contributed by atoms with Crippen LogP contribution < -0.4 is 16.2 Å². The monoisotopic (exact) mass is 413 g/mol. The minimum absolute atomic E-state index is 0.0617. The van der Waals surface area contributed by atoms with E-state index in [0.29, 0.717) is 0 Å². The second-order valence-electron chi connectivity index (χ2n) is 7.56. The third kappa shape index (κ3) is 8.64. The minimum atomic E-state index is -0.961. The fourth-order valence-corrected chi connectivity index (χ4v) is 2.47. The van der Waals surface area contributed by atoms with Gasteiger partial charge in [-0.05, 0) is 31.9 Å². The van der Waals surface area contributed by atoms with Gasteiger partial charge in [0.15, 0.2) is 0 Å². The molecular weight excluding hydrogens is 386 g/mol. The predicted molar refractivity (Wildman–Crippen MR) is 111 cm³/mol. The van der Waals surface area contributed by atoms with E-state index in [-0.39, 0.29) is 13.0 Å². The normalized spacial score (nSPS) is 11.7. The quantitative estimate of drug-likeness (QED) is 0.631. The Morgan fingerprint density at radius 2 is 1.40 bits per heavy atom. The van der Waals surface area contributed by atoms with Crippen molar-refractivity contribution in [2.24, 2.45) is 0 Å². The van der Waals surface area contributed by atoms with Crippen molar-refractivity contribution in [2.75, 3.05) is 0 Å². The minimum Gasteiger partial charge on any atom is -0.444 e. The number of hydrogen-bond acceptors (Lipinski definition) is 5. The van der Waals surface area contributed by atoms with Crippen molar-refractivity contribution in [3.8, 4) is 0 Å². The van der Waals surface area contributed by atoms with Crippen molar-refractivity contribution in [1.82, 2.24) is 16.2 Å². The van der Waals surface area contributed by atoms with Gasteiger partial charge in [-0.25, -0.2) is 15.0 Å². The lowest BCUT2D eigenvalue weighted by Gasteiger charge is -2.23. The Balaban J connectivity index is 1.92. The van der Waals surface area contributed by atoms with Crippen LogP contribution in [0.25, 0.3) is 0 Å². The van der Waals surface area contributed by atoms with Crippen LogP contribution in [0, 0.1) is 0 Å². The van der Waals surface area contributed by atoms with Gasteiger partial charge in [0.1, 0.15) is 18.2 Å². The standard InChI is InChI=1S/C22H27N3O5/c1-22(2,3)30-20(27)23-18(14-16-10-6-4-7-11-16)19(26)24-25-21(28)29-15-17-12-8-5-9-13-17/h4-13,18H,14-15H2,1-3H3,(H,23,27)(H,24,26)(H,25,28)/t18-/m0/s1. The van der Waals surface area contributed by atoms with Crippen LogP contribution in [0.4, 0.5) is 9.59 Å². The molecule has 0 aliphatic rings. The Hall–Kier alpha value is -3.55. The zero-order chi connectivity index (χ0) is 22.0. The van der Waals surface area contributed by atoms with E-state index in [1.165, 1.54) is 0 Å². The summed E-state index contributed by atoms with van der Waals surface area (Å²) in [5, 5.41) is 2.54. The van der Waals surface area contributed by atoms with Crippen LogP contribution in [-0.2, 0) is 27.3 Å². The molecule has 0 aliphatic carbocycles. The molecule has 0 saturated carbocycles. The van der Waals surface area contributed by atoms with Gasteiger partial charge in [0.2, 0.25) is 0 Å². The number of nitrogens with one attached hydrogen (secondary N) is 3. The number of rotatable bonds is 6. The molecule has 0 unspecified atom stereocenters. The second kappa shape index (κ2) is 10.8. The molecule has 160 valence electrons. The van der Waals surface area contributed by atoms with E-state index in [2.05, 4.69) is 16.2 Å². The number of hydrazine groups is 1. The Morgan fingerprint density at radius 3 is 1.97 bits per heavy atom. The van der Waals surface area contributed by atoms with E-state index < -0.39 is 29.7 Å². The van der Waals surface area contributed by atoms with Gasteiger partial charge < -0.3 is 14.8 Å². The number of carbonyl (C=O) groups excluding carboxylic acids is 3. The van der Waals surface area contributed by atoms with Crippen molar-refractivity contribution in [3.63, 3.8) is 0 Å². The van der Waals surface area contributed by atoms with Gasteiger partial charge in [0.25, 0.3) is 5.91 Å². The number of carbonyl (C=O) groups is 3. The van der Waals surface area contributed by atoms with E-state index in [0.717, 1.165) is 11.1 Å². The third-order valence-electron chi connectivity index (χ3n) is 3.79. The smallest absolute Gasteiger partial charge is 0.426 e. The van der Waals surface area contributed by atoms with Gasteiger partial charge in [-0.2, -0.15) is 0 Å². The summed E-state index contributed by atoms with van der Waals surface area (Å²) in [7, 11) is 0. The van der Waals surface area contributed by atoms with Crippen molar-refractivity contribution < 1.29 is 23.9 Å². The summed E-state index contributed by atoms with van der Waals surface area (Å²) in [5.41, 5.74) is 5.40. The Labute approximate surface area is 175 Å². The van der Waals surface area contributed by atoms with Crippen LogP contribution in [-0.4, -0.2) is 29.7 Å². The van der Waals surface area contributed by atoms with Crippen molar-refractivity contribution in [2.45, 2.75) is 45.4 Å². The van der Waals surface area contributed by atoms with Gasteiger partial charge in [-0.1, -0.05) is 60.7 Å². The molecule has 8 heteroatoms. The van der Waals surface area contributed by atoms with E-state index in [9.17, 15) is 14.4 Å². The maximum absolute atomic E-state index is 12.6. The van der Waals surface area contributed by atoms with Gasteiger partial charge in [-0.3, -0.25) is 10.2 Å². The third-order valence-corrected chi connectivity index (χ3v) is 3.79. The highest BCUT2D eigenvalue weighted by Crippen LogP contribution is 2.08. The van der Waals surface area contributed by atoms with E-state index in [4.69, 9.17) is 9.47 Å². The lowest BCUT2D eigenvalue weighted by atomic mass is 10.1. The fourth-order valence-electron chi connectivity index (χ4n) is 2.47. The topological polar surface area (TPSA) is 106 Å². The summed E-state index contributed by atoms with van der Waals surface area (Å²) in [6.07, 6.45) is -1.33. The first-order valence-corrected chi connectivity index (χ1v) is 9.53. The van der Waals surface area contributed by atoms with E-state index >= 15 is 0 Å². The number of alkyl carbamates (subject to hydrolysis) is 1. The zero-order valence-electron chi connectivity index (χ0n) is 17.3. The maximum Gasteiger partial charge on any atom is 0.426 e. The van der Waals surface area contributed by atoms with Gasteiger partial charge in [0, 0.05) is 6.42 Å². The number of ether oxygens (including phenoxy) is 2. The average Bonchev–Trinajstić information content (AvgIpc) is 2.70. The zero-order valence-corrected chi connectivity index (χ0v) is 17.3.